The van der Waals surface area contributed by atoms with E-state index >= 15 is 0 Å². The molecule has 0 fully saturated rings. The van der Waals surface area contributed by atoms with Gasteiger partial charge in [0.2, 0.25) is 0 Å². The number of ether oxygens (including phenoxy) is 1. The smallest absolute Gasteiger partial charge is 0.187 e. The molecule has 0 aromatic heterocycles. The Kier molecular flexibility index (Phi) is 5.05. The summed E-state index contributed by atoms with van der Waals surface area (Å²) < 4.78 is 5.73. The molecule has 0 aliphatic carbocycles. The first-order valence-electron chi connectivity index (χ1n) is 7.67. The number of nitrogens with one attached hydrogen (secondary N) is 1. The van der Waals surface area contributed by atoms with Gasteiger partial charge in [0.25, 0.3) is 0 Å². The van der Waals surface area contributed by atoms with Gasteiger partial charge in [-0.05, 0) is 36.4 Å². The van der Waals surface area contributed by atoms with E-state index in [0.717, 1.165) is 17.2 Å². The van der Waals surface area contributed by atoms with Crippen molar-refractivity contribution in [2.45, 2.75) is 0 Å². The van der Waals surface area contributed by atoms with Crippen molar-refractivity contribution in [1.82, 2.24) is 0 Å². The van der Waals surface area contributed by atoms with E-state index in [1.54, 1.807) is 18.3 Å². The summed E-state index contributed by atoms with van der Waals surface area (Å²) in [4.78, 5) is 11.9. The predicted molar refractivity (Wildman–Crippen MR) is 96.5 cm³/mol. The molecular formula is C21H17NO2. The molecule has 0 aliphatic rings. The molecule has 0 radical (unpaired) electrons. The summed E-state index contributed by atoms with van der Waals surface area (Å²) in [6, 6.07) is 26.3. The highest BCUT2D eigenvalue weighted by atomic mass is 16.5. The Morgan fingerprint density at radius 3 is 2.00 bits per heavy atom. The van der Waals surface area contributed by atoms with Crippen molar-refractivity contribution in [3.63, 3.8) is 0 Å². The number of rotatable bonds is 6. The third kappa shape index (κ3) is 4.34. The number of benzene rings is 3. The van der Waals surface area contributed by atoms with E-state index < -0.39 is 0 Å². The molecule has 0 bridgehead atoms. The lowest BCUT2D eigenvalue weighted by Gasteiger charge is -2.06. The number of carbonyl (C=O) groups excluding carboxylic acids is 1. The standard InChI is InChI=1S/C21H17NO2/c23-21(17-7-3-1-4-8-17)15-16-22-18-11-13-20(14-12-18)24-19-9-5-2-6-10-19/h1-16,22H/b16-15+. The zero-order valence-electron chi connectivity index (χ0n) is 13.1. The fourth-order valence-electron chi connectivity index (χ4n) is 2.16. The second kappa shape index (κ2) is 7.79. The van der Waals surface area contributed by atoms with Crippen LogP contribution in [0.4, 0.5) is 5.69 Å². The van der Waals surface area contributed by atoms with Gasteiger partial charge in [0.15, 0.2) is 5.78 Å². The van der Waals surface area contributed by atoms with Crippen LogP contribution < -0.4 is 10.1 Å². The summed E-state index contributed by atoms with van der Waals surface area (Å²) in [6.07, 6.45) is 3.16. The molecule has 3 rings (SSSR count). The van der Waals surface area contributed by atoms with Crippen LogP contribution in [0.3, 0.4) is 0 Å². The van der Waals surface area contributed by atoms with Crippen LogP contribution in [-0.4, -0.2) is 5.78 Å². The van der Waals surface area contributed by atoms with Crippen molar-refractivity contribution in [1.29, 1.82) is 0 Å². The van der Waals surface area contributed by atoms with Gasteiger partial charge in [-0.15, -0.1) is 0 Å². The molecule has 3 heteroatoms. The summed E-state index contributed by atoms with van der Waals surface area (Å²) in [5.74, 6) is 1.52. The van der Waals surface area contributed by atoms with Crippen LogP contribution in [-0.2, 0) is 0 Å². The van der Waals surface area contributed by atoms with Crippen LogP contribution in [0, 0.1) is 0 Å². The molecule has 0 amide bonds. The number of hydrogen-bond acceptors (Lipinski definition) is 3. The molecule has 0 unspecified atom stereocenters. The van der Waals surface area contributed by atoms with Gasteiger partial charge < -0.3 is 10.1 Å². The highest BCUT2D eigenvalue weighted by molar-refractivity contribution is 6.04. The molecule has 3 aromatic rings. The van der Waals surface area contributed by atoms with Crippen LogP contribution >= 0.6 is 0 Å². The monoisotopic (exact) mass is 315 g/mol. The van der Waals surface area contributed by atoms with E-state index in [0.29, 0.717) is 5.56 Å². The summed E-state index contributed by atoms with van der Waals surface area (Å²) >= 11 is 0. The lowest BCUT2D eigenvalue weighted by molar-refractivity contribution is 0.104. The van der Waals surface area contributed by atoms with Crippen molar-refractivity contribution in [3.8, 4) is 11.5 Å². The molecule has 0 saturated carbocycles. The third-order valence-electron chi connectivity index (χ3n) is 3.38. The summed E-state index contributed by atoms with van der Waals surface area (Å²) in [7, 11) is 0. The first-order valence-corrected chi connectivity index (χ1v) is 7.67. The van der Waals surface area contributed by atoms with Gasteiger partial charge in [-0.25, -0.2) is 0 Å². The number of anilines is 1. The van der Waals surface area contributed by atoms with E-state index in [-0.39, 0.29) is 5.78 Å². The van der Waals surface area contributed by atoms with E-state index in [9.17, 15) is 4.79 Å². The zero-order valence-corrected chi connectivity index (χ0v) is 13.1. The minimum Gasteiger partial charge on any atom is -0.457 e. The largest absolute Gasteiger partial charge is 0.457 e. The Hall–Kier alpha value is -3.33. The molecule has 0 spiro atoms. The number of hydrogen-bond donors (Lipinski definition) is 1. The number of ketones is 1. The first kappa shape index (κ1) is 15.6. The maximum atomic E-state index is 11.9. The molecule has 0 heterocycles. The quantitative estimate of drug-likeness (QED) is 0.496. The van der Waals surface area contributed by atoms with Crippen molar-refractivity contribution in [3.05, 3.63) is 103 Å². The molecular weight excluding hydrogens is 298 g/mol. The Balaban J connectivity index is 1.56. The lowest BCUT2D eigenvalue weighted by Crippen LogP contribution is -1.95. The fraction of sp³-hybridized carbons (Fsp3) is 0. The van der Waals surface area contributed by atoms with Crippen molar-refractivity contribution in [2.75, 3.05) is 5.32 Å². The number of carbonyl (C=O) groups is 1. The van der Waals surface area contributed by atoms with Gasteiger partial charge in [0.1, 0.15) is 11.5 Å². The number of allylic oxidation sites excluding steroid dienone is 1. The van der Waals surface area contributed by atoms with Crippen LogP contribution in [0.2, 0.25) is 0 Å². The van der Waals surface area contributed by atoms with Gasteiger partial charge in [-0.2, -0.15) is 0 Å². The van der Waals surface area contributed by atoms with Crippen LogP contribution in [0.1, 0.15) is 10.4 Å². The zero-order chi connectivity index (χ0) is 16.6. The Labute approximate surface area is 141 Å². The predicted octanol–water partition coefficient (Wildman–Crippen LogP) is 5.29. The van der Waals surface area contributed by atoms with Gasteiger partial charge in [-0.3, -0.25) is 4.79 Å². The second-order valence-electron chi connectivity index (χ2n) is 5.15. The van der Waals surface area contributed by atoms with Gasteiger partial charge in [-0.1, -0.05) is 48.5 Å². The fourth-order valence-corrected chi connectivity index (χ4v) is 2.16. The van der Waals surface area contributed by atoms with Gasteiger partial charge in [0.05, 0.1) is 0 Å². The topological polar surface area (TPSA) is 38.3 Å². The highest BCUT2D eigenvalue weighted by Crippen LogP contribution is 2.22. The van der Waals surface area contributed by atoms with Gasteiger partial charge in [0, 0.05) is 23.5 Å². The highest BCUT2D eigenvalue weighted by Gasteiger charge is 1.99. The molecule has 3 nitrogen and oxygen atoms in total. The molecule has 24 heavy (non-hydrogen) atoms. The molecule has 0 saturated heterocycles. The van der Waals surface area contributed by atoms with E-state index in [1.165, 1.54) is 6.08 Å². The summed E-state index contributed by atoms with van der Waals surface area (Å²) in [5.41, 5.74) is 1.55. The second-order valence-corrected chi connectivity index (χ2v) is 5.15. The Bertz CT molecular complexity index is 809. The normalized spacial score (nSPS) is 10.5. The molecule has 118 valence electrons. The first-order chi connectivity index (χ1) is 11.8. The molecule has 1 N–H and O–H groups in total. The Morgan fingerprint density at radius 1 is 0.750 bits per heavy atom. The maximum absolute atomic E-state index is 11.9. The van der Waals surface area contributed by atoms with Crippen LogP contribution in [0.15, 0.2) is 97.2 Å². The van der Waals surface area contributed by atoms with Gasteiger partial charge >= 0.3 is 0 Å². The van der Waals surface area contributed by atoms with Crippen molar-refractivity contribution in [2.24, 2.45) is 0 Å². The average Bonchev–Trinajstić information content (AvgIpc) is 2.65. The third-order valence-corrected chi connectivity index (χ3v) is 3.38. The molecule has 0 aliphatic heterocycles. The maximum Gasteiger partial charge on any atom is 0.187 e. The SMILES string of the molecule is O=C(/C=C/Nc1ccc(Oc2ccccc2)cc1)c1ccccc1. The summed E-state index contributed by atoms with van der Waals surface area (Å²) in [5, 5.41) is 3.08. The summed E-state index contributed by atoms with van der Waals surface area (Å²) in [6.45, 7) is 0. The minimum atomic E-state index is -0.0351. The van der Waals surface area contributed by atoms with E-state index in [4.69, 9.17) is 4.74 Å². The van der Waals surface area contributed by atoms with E-state index in [2.05, 4.69) is 5.32 Å². The number of para-hydroxylation sites is 1. The lowest BCUT2D eigenvalue weighted by atomic mass is 10.1. The van der Waals surface area contributed by atoms with Crippen LogP contribution in [0.5, 0.6) is 11.5 Å². The average molecular weight is 315 g/mol. The molecule has 0 atom stereocenters. The van der Waals surface area contributed by atoms with Crippen LogP contribution in [0.25, 0.3) is 0 Å². The van der Waals surface area contributed by atoms with E-state index in [1.807, 2.05) is 72.8 Å². The Morgan fingerprint density at radius 2 is 1.33 bits per heavy atom. The van der Waals surface area contributed by atoms with Crippen molar-refractivity contribution < 1.29 is 9.53 Å². The minimum absolute atomic E-state index is 0.0351. The molecule has 3 aromatic carbocycles. The van der Waals surface area contributed by atoms with Crippen molar-refractivity contribution >= 4 is 11.5 Å².